The topological polar surface area (TPSA) is 50.4 Å². The third-order valence-corrected chi connectivity index (χ3v) is 4.81. The fourth-order valence-corrected chi connectivity index (χ4v) is 3.61. The van der Waals surface area contributed by atoms with E-state index in [-0.39, 0.29) is 5.97 Å². The Morgan fingerprint density at radius 2 is 2.05 bits per heavy atom. The highest BCUT2D eigenvalue weighted by molar-refractivity contribution is 7.98. The van der Waals surface area contributed by atoms with Gasteiger partial charge in [-0.2, -0.15) is 0 Å². The molecule has 0 amide bonds. The van der Waals surface area contributed by atoms with Gasteiger partial charge >= 0.3 is 5.97 Å². The van der Waals surface area contributed by atoms with Crippen molar-refractivity contribution in [1.82, 2.24) is 0 Å². The number of rotatable bonds is 4. The number of ether oxygens (including phenoxy) is 1. The minimum absolute atomic E-state index is 0.376. The Labute approximate surface area is 143 Å². The molecule has 2 rings (SSSR count). The third-order valence-electron chi connectivity index (χ3n) is 2.84. The van der Waals surface area contributed by atoms with Crippen LogP contribution in [0.1, 0.15) is 15.2 Å². The van der Waals surface area contributed by atoms with Gasteiger partial charge in [0.25, 0.3) is 0 Å². The number of thiophene rings is 1. The van der Waals surface area contributed by atoms with Gasteiger partial charge in [-0.15, -0.1) is 23.1 Å². The molecule has 0 saturated heterocycles. The van der Waals surface area contributed by atoms with Crippen molar-refractivity contribution in [1.29, 1.82) is 0 Å². The first-order valence-corrected chi connectivity index (χ1v) is 8.90. The molecule has 2 N–H and O–H groups in total. The first kappa shape index (κ1) is 16.8. The van der Waals surface area contributed by atoms with Crippen LogP contribution in [0.25, 0.3) is 0 Å². The van der Waals surface area contributed by atoms with E-state index in [1.807, 2.05) is 37.4 Å². The molecule has 0 bridgehead atoms. The molecule has 0 spiro atoms. The number of thioether (sulfide) groups is 1. The average Bonchev–Trinajstić information content (AvgIpc) is 2.87. The SMILES string of the molecule is COC(=O)c1cc(C)sc1NC(=S)Nc1ccccc1SC. The number of para-hydroxylation sites is 1. The van der Waals surface area contributed by atoms with Crippen LogP contribution in [0.5, 0.6) is 0 Å². The summed E-state index contributed by atoms with van der Waals surface area (Å²) in [5.74, 6) is -0.376. The Balaban J connectivity index is 2.14. The summed E-state index contributed by atoms with van der Waals surface area (Å²) in [5, 5.41) is 7.35. The van der Waals surface area contributed by atoms with Crippen molar-refractivity contribution < 1.29 is 9.53 Å². The van der Waals surface area contributed by atoms with E-state index < -0.39 is 0 Å². The van der Waals surface area contributed by atoms with Crippen LogP contribution < -0.4 is 10.6 Å². The van der Waals surface area contributed by atoms with Crippen molar-refractivity contribution in [3.63, 3.8) is 0 Å². The van der Waals surface area contributed by atoms with Gasteiger partial charge in [0.1, 0.15) is 5.00 Å². The van der Waals surface area contributed by atoms with E-state index in [2.05, 4.69) is 10.6 Å². The fourth-order valence-electron chi connectivity index (χ4n) is 1.87. The van der Waals surface area contributed by atoms with Crippen molar-refractivity contribution in [2.24, 2.45) is 0 Å². The van der Waals surface area contributed by atoms with Gasteiger partial charge in [-0.05, 0) is 43.6 Å². The van der Waals surface area contributed by atoms with Crippen molar-refractivity contribution >= 4 is 57.1 Å². The lowest BCUT2D eigenvalue weighted by Gasteiger charge is -2.12. The van der Waals surface area contributed by atoms with Crippen LogP contribution in [0.3, 0.4) is 0 Å². The summed E-state index contributed by atoms with van der Waals surface area (Å²) in [7, 11) is 1.37. The fraction of sp³-hybridized carbons (Fsp3) is 0.200. The van der Waals surface area contributed by atoms with E-state index in [0.717, 1.165) is 15.5 Å². The smallest absolute Gasteiger partial charge is 0.340 e. The number of methoxy groups -OCH3 is 1. The maximum Gasteiger partial charge on any atom is 0.340 e. The van der Waals surface area contributed by atoms with Gasteiger partial charge in [0.2, 0.25) is 0 Å². The van der Waals surface area contributed by atoms with Gasteiger partial charge in [0.15, 0.2) is 5.11 Å². The van der Waals surface area contributed by atoms with Crippen LogP contribution in [-0.4, -0.2) is 24.4 Å². The van der Waals surface area contributed by atoms with Crippen molar-refractivity contribution in [2.75, 3.05) is 24.0 Å². The monoisotopic (exact) mass is 352 g/mol. The molecular weight excluding hydrogens is 336 g/mol. The van der Waals surface area contributed by atoms with Gasteiger partial charge in [0.05, 0.1) is 18.4 Å². The molecule has 1 heterocycles. The minimum atomic E-state index is -0.376. The van der Waals surface area contributed by atoms with Crippen LogP contribution in [0, 0.1) is 6.92 Å². The molecule has 1 aromatic heterocycles. The zero-order chi connectivity index (χ0) is 16.1. The zero-order valence-corrected chi connectivity index (χ0v) is 14.9. The normalized spacial score (nSPS) is 10.1. The highest BCUT2D eigenvalue weighted by atomic mass is 32.2. The second kappa shape index (κ2) is 7.62. The maximum atomic E-state index is 11.8. The quantitative estimate of drug-likeness (QED) is 0.484. The van der Waals surface area contributed by atoms with Crippen molar-refractivity contribution in [3.05, 3.63) is 40.8 Å². The molecule has 0 atom stereocenters. The summed E-state index contributed by atoms with van der Waals surface area (Å²) in [6.45, 7) is 1.93. The van der Waals surface area contributed by atoms with Gasteiger partial charge < -0.3 is 15.4 Å². The van der Waals surface area contributed by atoms with Gasteiger partial charge in [-0.3, -0.25) is 0 Å². The number of nitrogens with one attached hydrogen (secondary N) is 2. The molecule has 0 saturated carbocycles. The Bertz CT molecular complexity index is 698. The van der Waals surface area contributed by atoms with Gasteiger partial charge in [0, 0.05) is 9.77 Å². The van der Waals surface area contributed by atoms with E-state index in [1.54, 1.807) is 17.8 Å². The molecule has 0 aliphatic rings. The summed E-state index contributed by atoms with van der Waals surface area (Å²) in [6.07, 6.45) is 2.01. The molecule has 0 fully saturated rings. The minimum Gasteiger partial charge on any atom is -0.465 e. The van der Waals surface area contributed by atoms with Crippen molar-refractivity contribution in [3.8, 4) is 0 Å². The summed E-state index contributed by atoms with van der Waals surface area (Å²) in [4.78, 5) is 13.9. The molecule has 0 aliphatic carbocycles. The van der Waals surface area contributed by atoms with Crippen molar-refractivity contribution in [2.45, 2.75) is 11.8 Å². The second-order valence-corrected chi connectivity index (χ2v) is 6.88. The zero-order valence-electron chi connectivity index (χ0n) is 12.4. The van der Waals surface area contributed by atoms with Crippen LogP contribution in [-0.2, 0) is 4.74 Å². The molecule has 22 heavy (non-hydrogen) atoms. The summed E-state index contributed by atoms with van der Waals surface area (Å²) < 4.78 is 4.79. The van der Waals surface area contributed by atoms with E-state index in [0.29, 0.717) is 15.7 Å². The highest BCUT2D eigenvalue weighted by Gasteiger charge is 2.16. The molecule has 116 valence electrons. The van der Waals surface area contributed by atoms with E-state index in [9.17, 15) is 4.79 Å². The molecule has 0 aliphatic heterocycles. The van der Waals surface area contributed by atoms with Gasteiger partial charge in [-0.1, -0.05) is 12.1 Å². The maximum absolute atomic E-state index is 11.8. The van der Waals surface area contributed by atoms with Crippen LogP contribution in [0.4, 0.5) is 10.7 Å². The Morgan fingerprint density at radius 3 is 2.73 bits per heavy atom. The Kier molecular flexibility index (Phi) is 5.82. The molecule has 0 radical (unpaired) electrons. The predicted octanol–water partition coefficient (Wildman–Crippen LogP) is 4.37. The Hall–Kier alpha value is -1.57. The number of carbonyl (C=O) groups excluding carboxylic acids is 1. The van der Waals surface area contributed by atoms with E-state index >= 15 is 0 Å². The number of aryl methyl sites for hydroxylation is 1. The van der Waals surface area contributed by atoms with Crippen LogP contribution >= 0.6 is 35.3 Å². The van der Waals surface area contributed by atoms with Crippen LogP contribution in [0.2, 0.25) is 0 Å². The second-order valence-electron chi connectivity index (χ2n) is 4.37. The summed E-state index contributed by atoms with van der Waals surface area (Å²) in [6, 6.07) is 9.69. The molecule has 1 aromatic carbocycles. The molecular formula is C15H16N2O2S3. The molecule has 4 nitrogen and oxygen atoms in total. The molecule has 2 aromatic rings. The largest absolute Gasteiger partial charge is 0.465 e. The predicted molar refractivity (Wildman–Crippen MR) is 98.5 cm³/mol. The van der Waals surface area contributed by atoms with Crippen LogP contribution in [0.15, 0.2) is 35.2 Å². The summed E-state index contributed by atoms with van der Waals surface area (Å²) in [5.41, 5.74) is 1.42. The number of hydrogen-bond donors (Lipinski definition) is 2. The van der Waals surface area contributed by atoms with E-state index in [1.165, 1.54) is 18.4 Å². The lowest BCUT2D eigenvalue weighted by atomic mass is 10.3. The Morgan fingerprint density at radius 1 is 1.32 bits per heavy atom. The number of thiocarbonyl (C=S) groups is 1. The molecule has 0 unspecified atom stereocenters. The first-order chi connectivity index (χ1) is 10.5. The van der Waals surface area contributed by atoms with Gasteiger partial charge in [-0.25, -0.2) is 4.79 Å². The van der Waals surface area contributed by atoms with E-state index in [4.69, 9.17) is 17.0 Å². The number of anilines is 2. The highest BCUT2D eigenvalue weighted by Crippen LogP contribution is 2.29. The third kappa shape index (κ3) is 4.00. The first-order valence-electron chi connectivity index (χ1n) is 6.45. The average molecular weight is 353 g/mol. The molecule has 7 heteroatoms. The standard InChI is InChI=1S/C15H16N2O2S3/c1-9-8-10(14(18)19-2)13(22-9)17-15(20)16-11-6-4-5-7-12(11)21-3/h4-8H,1-3H3,(H2,16,17,20). The number of esters is 1. The summed E-state index contributed by atoms with van der Waals surface area (Å²) >= 11 is 8.44. The lowest BCUT2D eigenvalue weighted by molar-refractivity contribution is 0.0602. The number of carbonyl (C=O) groups is 1. The number of benzene rings is 1. The number of hydrogen-bond acceptors (Lipinski definition) is 5. The lowest BCUT2D eigenvalue weighted by Crippen LogP contribution is -2.20.